The SMILES string of the molecule is CC.CC(N)C(C)(C)C.[HH]. The van der Waals surface area contributed by atoms with Crippen molar-refractivity contribution < 1.29 is 1.43 Å². The molecule has 0 aromatic carbocycles. The predicted octanol–water partition coefficient (Wildman–Crippen LogP) is 2.65. The van der Waals surface area contributed by atoms with Gasteiger partial charge in [-0.15, -0.1) is 0 Å². The second kappa shape index (κ2) is 4.80. The van der Waals surface area contributed by atoms with Crippen LogP contribution in [0.15, 0.2) is 0 Å². The maximum Gasteiger partial charge on any atom is 0.00591 e. The standard InChI is InChI=1S/C6H15N.C2H6.H2/c1-5(7)6(2,3)4;1-2;/h5H,7H2,1-4H3;1-2H3;1H. The van der Waals surface area contributed by atoms with Gasteiger partial charge in [0, 0.05) is 7.47 Å². The Morgan fingerprint density at radius 1 is 1.22 bits per heavy atom. The van der Waals surface area contributed by atoms with E-state index in [9.17, 15) is 0 Å². The van der Waals surface area contributed by atoms with Gasteiger partial charge in [0.05, 0.1) is 0 Å². The van der Waals surface area contributed by atoms with E-state index in [-0.39, 0.29) is 6.84 Å². The summed E-state index contributed by atoms with van der Waals surface area (Å²) in [6.07, 6.45) is 0. The summed E-state index contributed by atoms with van der Waals surface area (Å²) in [6, 6.07) is 0.299. The Bertz CT molecular complexity index is 54.8. The fourth-order valence-corrected chi connectivity index (χ4v) is 0. The molecule has 0 spiro atoms. The largest absolute Gasteiger partial charge is 0.327 e. The van der Waals surface area contributed by atoms with Crippen LogP contribution in [0.25, 0.3) is 0 Å². The quantitative estimate of drug-likeness (QED) is 0.540. The van der Waals surface area contributed by atoms with E-state index in [4.69, 9.17) is 5.73 Å². The van der Waals surface area contributed by atoms with E-state index in [0.717, 1.165) is 0 Å². The van der Waals surface area contributed by atoms with Crippen LogP contribution >= 0.6 is 0 Å². The molecule has 9 heavy (non-hydrogen) atoms. The fourth-order valence-electron chi connectivity index (χ4n) is 0. The molecular formula is C8H23N. The third-order valence-electron chi connectivity index (χ3n) is 1.37. The van der Waals surface area contributed by atoms with Crippen molar-refractivity contribution in [3.05, 3.63) is 0 Å². The average Bonchev–Trinajstić information content (AvgIpc) is 1.69. The molecule has 0 aliphatic carbocycles. The van der Waals surface area contributed by atoms with Gasteiger partial charge in [-0.2, -0.15) is 0 Å². The Kier molecular flexibility index (Phi) is 6.25. The normalized spacial score (nSPS) is 13.7. The van der Waals surface area contributed by atoms with Crippen LogP contribution in [0.1, 0.15) is 43.0 Å². The highest BCUT2D eigenvalue weighted by molar-refractivity contribution is 4.70. The lowest BCUT2D eigenvalue weighted by atomic mass is 9.89. The summed E-state index contributed by atoms with van der Waals surface area (Å²) in [7, 11) is 0. The number of nitrogens with two attached hydrogens (primary N) is 1. The minimum absolute atomic E-state index is 0. The lowest BCUT2D eigenvalue weighted by Crippen LogP contribution is -2.31. The minimum atomic E-state index is 0. The van der Waals surface area contributed by atoms with Crippen LogP contribution in [-0.4, -0.2) is 6.04 Å². The van der Waals surface area contributed by atoms with E-state index < -0.39 is 0 Å². The zero-order valence-corrected chi connectivity index (χ0v) is 7.65. The second-order valence-electron chi connectivity index (χ2n) is 3.15. The van der Waals surface area contributed by atoms with Crippen LogP contribution in [0.3, 0.4) is 0 Å². The van der Waals surface area contributed by atoms with Crippen molar-refractivity contribution in [2.24, 2.45) is 11.1 Å². The van der Waals surface area contributed by atoms with Crippen LogP contribution in [0.5, 0.6) is 0 Å². The first kappa shape index (κ1) is 11.7. The summed E-state index contributed by atoms with van der Waals surface area (Å²) >= 11 is 0. The maximum atomic E-state index is 5.57. The molecule has 2 N–H and O–H groups in total. The van der Waals surface area contributed by atoms with Gasteiger partial charge in [0.2, 0.25) is 0 Å². The lowest BCUT2D eigenvalue weighted by Gasteiger charge is -2.22. The maximum absolute atomic E-state index is 5.57. The summed E-state index contributed by atoms with van der Waals surface area (Å²) < 4.78 is 0. The summed E-state index contributed by atoms with van der Waals surface area (Å²) in [4.78, 5) is 0. The van der Waals surface area contributed by atoms with Crippen LogP contribution in [0.4, 0.5) is 0 Å². The monoisotopic (exact) mass is 133 g/mol. The molecule has 0 fully saturated rings. The van der Waals surface area contributed by atoms with Gasteiger partial charge in [-0.1, -0.05) is 34.6 Å². The lowest BCUT2D eigenvalue weighted by molar-refractivity contribution is 0.340. The smallest absolute Gasteiger partial charge is 0.00591 e. The zero-order chi connectivity index (χ0) is 8.08. The van der Waals surface area contributed by atoms with Crippen molar-refractivity contribution in [3.8, 4) is 0 Å². The molecule has 0 saturated carbocycles. The molecule has 0 aliphatic heterocycles. The van der Waals surface area contributed by atoms with Crippen LogP contribution in [-0.2, 0) is 0 Å². The molecule has 1 unspecified atom stereocenters. The van der Waals surface area contributed by atoms with Gasteiger partial charge in [0.15, 0.2) is 0 Å². The van der Waals surface area contributed by atoms with E-state index in [1.54, 1.807) is 0 Å². The minimum Gasteiger partial charge on any atom is -0.327 e. The van der Waals surface area contributed by atoms with Crippen LogP contribution in [0, 0.1) is 5.41 Å². The highest BCUT2D eigenvalue weighted by Gasteiger charge is 2.14. The van der Waals surface area contributed by atoms with Gasteiger partial charge >= 0.3 is 0 Å². The Labute approximate surface area is 61.1 Å². The predicted molar refractivity (Wildman–Crippen MR) is 46.6 cm³/mol. The Hall–Kier alpha value is -0.0400. The van der Waals surface area contributed by atoms with E-state index >= 15 is 0 Å². The highest BCUT2D eigenvalue weighted by atomic mass is 14.6. The van der Waals surface area contributed by atoms with E-state index in [2.05, 4.69) is 20.8 Å². The highest BCUT2D eigenvalue weighted by Crippen LogP contribution is 2.15. The van der Waals surface area contributed by atoms with Crippen LogP contribution in [0.2, 0.25) is 0 Å². The van der Waals surface area contributed by atoms with Gasteiger partial charge in [-0.05, 0) is 12.3 Å². The van der Waals surface area contributed by atoms with Crippen molar-refractivity contribution in [2.75, 3.05) is 0 Å². The molecule has 0 radical (unpaired) electrons. The Balaban J connectivity index is -0.000000149. The molecule has 0 heterocycles. The van der Waals surface area contributed by atoms with Gasteiger partial charge in [-0.25, -0.2) is 0 Å². The number of hydrogen-bond donors (Lipinski definition) is 1. The molecule has 0 rings (SSSR count). The van der Waals surface area contributed by atoms with Gasteiger partial charge in [0.1, 0.15) is 0 Å². The zero-order valence-electron chi connectivity index (χ0n) is 7.65. The average molecular weight is 133 g/mol. The third kappa shape index (κ3) is 7.96. The molecule has 0 bridgehead atoms. The van der Waals surface area contributed by atoms with Crippen molar-refractivity contribution in [1.29, 1.82) is 0 Å². The van der Waals surface area contributed by atoms with Crippen molar-refractivity contribution >= 4 is 0 Å². The van der Waals surface area contributed by atoms with Crippen molar-refractivity contribution in [1.82, 2.24) is 0 Å². The summed E-state index contributed by atoms with van der Waals surface area (Å²) in [6.45, 7) is 12.4. The Morgan fingerprint density at radius 2 is 1.33 bits per heavy atom. The first-order valence-corrected chi connectivity index (χ1v) is 3.70. The fraction of sp³-hybridized carbons (Fsp3) is 1.00. The van der Waals surface area contributed by atoms with E-state index in [1.165, 1.54) is 0 Å². The molecule has 60 valence electrons. The molecule has 0 aliphatic rings. The van der Waals surface area contributed by atoms with Gasteiger partial charge in [-0.3, -0.25) is 0 Å². The topological polar surface area (TPSA) is 26.0 Å². The first-order chi connectivity index (χ1) is 3.94. The van der Waals surface area contributed by atoms with E-state index in [0.29, 0.717) is 6.04 Å². The third-order valence-corrected chi connectivity index (χ3v) is 1.37. The molecule has 1 nitrogen and oxygen atoms in total. The summed E-state index contributed by atoms with van der Waals surface area (Å²) in [5.41, 5.74) is 5.85. The molecule has 0 amide bonds. The molecule has 0 aromatic rings. The van der Waals surface area contributed by atoms with Crippen molar-refractivity contribution in [2.45, 2.75) is 47.6 Å². The number of rotatable bonds is 0. The second-order valence-corrected chi connectivity index (χ2v) is 3.15. The first-order valence-electron chi connectivity index (χ1n) is 3.70. The van der Waals surface area contributed by atoms with Crippen LogP contribution < -0.4 is 5.73 Å². The Morgan fingerprint density at radius 3 is 1.33 bits per heavy atom. The molecular weight excluding hydrogens is 110 g/mol. The molecule has 0 saturated heterocycles. The van der Waals surface area contributed by atoms with Gasteiger partial charge < -0.3 is 5.73 Å². The summed E-state index contributed by atoms with van der Waals surface area (Å²) in [5.74, 6) is 0. The van der Waals surface area contributed by atoms with Crippen molar-refractivity contribution in [3.63, 3.8) is 0 Å². The number of hydrogen-bond acceptors (Lipinski definition) is 1. The van der Waals surface area contributed by atoms with Gasteiger partial charge in [0.25, 0.3) is 0 Å². The molecule has 1 heteroatoms. The summed E-state index contributed by atoms with van der Waals surface area (Å²) in [5, 5.41) is 0. The molecule has 1 atom stereocenters. The van der Waals surface area contributed by atoms with E-state index in [1.807, 2.05) is 20.8 Å². The molecule has 0 aromatic heterocycles.